The van der Waals surface area contributed by atoms with Crippen molar-refractivity contribution >= 4 is 5.69 Å². The molecule has 0 aromatic heterocycles. The van der Waals surface area contributed by atoms with E-state index in [9.17, 15) is 0 Å². The summed E-state index contributed by atoms with van der Waals surface area (Å²) in [6.45, 7) is 6.69. The van der Waals surface area contributed by atoms with Crippen molar-refractivity contribution in [3.8, 4) is 0 Å². The van der Waals surface area contributed by atoms with E-state index in [1.54, 1.807) is 0 Å². The first kappa shape index (κ1) is 12.9. The largest absolute Gasteiger partial charge is 0.371 e. The molecule has 1 aromatic carbocycles. The Labute approximate surface area is 116 Å². The monoisotopic (exact) mass is 259 g/mol. The van der Waals surface area contributed by atoms with E-state index in [1.807, 2.05) is 0 Å². The van der Waals surface area contributed by atoms with Crippen LogP contribution >= 0.6 is 0 Å². The van der Waals surface area contributed by atoms with Gasteiger partial charge in [-0.2, -0.15) is 0 Å². The molecule has 3 nitrogen and oxygen atoms in total. The van der Waals surface area contributed by atoms with Crippen molar-refractivity contribution < 1.29 is 0 Å². The minimum Gasteiger partial charge on any atom is -0.371 e. The van der Waals surface area contributed by atoms with Gasteiger partial charge in [-0.15, -0.1) is 0 Å². The molecule has 3 rings (SSSR count). The lowest BCUT2D eigenvalue weighted by Gasteiger charge is -2.49. The second-order valence-electron chi connectivity index (χ2n) is 6.24. The molecule has 2 saturated heterocycles. The first-order chi connectivity index (χ1) is 9.17. The van der Waals surface area contributed by atoms with Crippen molar-refractivity contribution in [3.63, 3.8) is 0 Å². The molecule has 2 heterocycles. The van der Waals surface area contributed by atoms with Gasteiger partial charge in [-0.3, -0.25) is 0 Å². The maximum absolute atomic E-state index is 6.38. The lowest BCUT2D eigenvalue weighted by Crippen LogP contribution is -2.62. The van der Waals surface area contributed by atoms with Gasteiger partial charge >= 0.3 is 0 Å². The number of likely N-dealkylation sites (tertiary alicyclic amines) is 1. The van der Waals surface area contributed by atoms with Crippen LogP contribution in [0.25, 0.3) is 0 Å². The van der Waals surface area contributed by atoms with Crippen molar-refractivity contribution in [2.75, 3.05) is 38.1 Å². The van der Waals surface area contributed by atoms with E-state index in [2.05, 4.69) is 48.0 Å². The molecule has 3 heteroatoms. The molecular formula is C16H25N3. The summed E-state index contributed by atoms with van der Waals surface area (Å²) in [6.07, 6.45) is 1.11. The lowest BCUT2D eigenvalue weighted by molar-refractivity contribution is 0.107. The molecule has 0 saturated carbocycles. The Morgan fingerprint density at radius 3 is 2.16 bits per heavy atom. The van der Waals surface area contributed by atoms with E-state index in [-0.39, 0.29) is 0 Å². The Kier molecular flexibility index (Phi) is 3.50. The van der Waals surface area contributed by atoms with Gasteiger partial charge in [0.1, 0.15) is 0 Å². The summed E-state index contributed by atoms with van der Waals surface area (Å²) in [4.78, 5) is 4.97. The maximum atomic E-state index is 6.38. The predicted octanol–water partition coefficient (Wildman–Crippen LogP) is 1.57. The molecule has 19 heavy (non-hydrogen) atoms. The van der Waals surface area contributed by atoms with Crippen LogP contribution in [0.5, 0.6) is 0 Å². The Hall–Kier alpha value is -1.06. The summed E-state index contributed by atoms with van der Waals surface area (Å²) >= 11 is 0. The first-order valence-electron chi connectivity index (χ1n) is 7.45. The van der Waals surface area contributed by atoms with Gasteiger partial charge in [0, 0.05) is 49.7 Å². The average molecular weight is 259 g/mol. The number of hydrogen-bond acceptors (Lipinski definition) is 3. The highest BCUT2D eigenvalue weighted by molar-refractivity contribution is 5.48. The van der Waals surface area contributed by atoms with Crippen molar-refractivity contribution in [1.29, 1.82) is 0 Å². The Bertz CT molecular complexity index is 412. The summed E-state index contributed by atoms with van der Waals surface area (Å²) in [7, 11) is 2.22. The number of hydrogen-bond donors (Lipinski definition) is 1. The third-order valence-corrected chi connectivity index (χ3v) is 4.80. The molecule has 0 amide bonds. The van der Waals surface area contributed by atoms with E-state index in [4.69, 9.17) is 5.73 Å². The van der Waals surface area contributed by atoms with Gasteiger partial charge in [0.25, 0.3) is 0 Å². The van der Waals surface area contributed by atoms with E-state index < -0.39 is 0 Å². The summed E-state index contributed by atoms with van der Waals surface area (Å²) < 4.78 is 0. The number of rotatable bonds is 2. The van der Waals surface area contributed by atoms with Crippen molar-refractivity contribution in [3.05, 3.63) is 29.8 Å². The minimum absolute atomic E-state index is 0.391. The van der Waals surface area contributed by atoms with Gasteiger partial charge < -0.3 is 15.5 Å². The molecule has 2 fully saturated rings. The highest BCUT2D eigenvalue weighted by Crippen LogP contribution is 2.30. The fourth-order valence-corrected chi connectivity index (χ4v) is 3.66. The molecule has 2 bridgehead atoms. The normalized spacial score (nSPS) is 31.5. The van der Waals surface area contributed by atoms with Crippen LogP contribution in [0.3, 0.4) is 0 Å². The van der Waals surface area contributed by atoms with E-state index >= 15 is 0 Å². The zero-order chi connectivity index (χ0) is 13.4. The molecule has 0 radical (unpaired) electrons. The van der Waals surface area contributed by atoms with Crippen LogP contribution in [0.1, 0.15) is 12.5 Å². The molecular weight excluding hydrogens is 234 g/mol. The fraction of sp³-hybridized carbons (Fsp3) is 0.625. The topological polar surface area (TPSA) is 32.5 Å². The molecule has 1 aromatic rings. The SMILES string of the molecule is CCc1ccc(N2CC3CN(C)CC(C2)C3N)cc1. The lowest BCUT2D eigenvalue weighted by atomic mass is 9.80. The summed E-state index contributed by atoms with van der Waals surface area (Å²) in [5.74, 6) is 1.23. The number of piperidine rings is 2. The Morgan fingerprint density at radius 1 is 1.05 bits per heavy atom. The van der Waals surface area contributed by atoms with Crippen molar-refractivity contribution in [1.82, 2.24) is 4.90 Å². The number of fused-ring (bicyclic) bond motifs is 2. The standard InChI is InChI=1S/C16H25N3/c1-3-12-4-6-15(7-5-12)19-10-13-8-18(2)9-14(11-19)16(13)17/h4-7,13-14,16H,3,8-11,17H2,1-2H3. The van der Waals surface area contributed by atoms with E-state index in [1.165, 1.54) is 11.3 Å². The zero-order valence-electron chi connectivity index (χ0n) is 12.0. The van der Waals surface area contributed by atoms with Gasteiger partial charge in [-0.1, -0.05) is 19.1 Å². The van der Waals surface area contributed by atoms with Crippen LogP contribution in [0.4, 0.5) is 5.69 Å². The zero-order valence-corrected chi connectivity index (χ0v) is 12.0. The Morgan fingerprint density at radius 2 is 1.63 bits per heavy atom. The second kappa shape index (κ2) is 5.14. The molecule has 2 atom stereocenters. The fourth-order valence-electron chi connectivity index (χ4n) is 3.66. The third-order valence-electron chi connectivity index (χ3n) is 4.80. The first-order valence-corrected chi connectivity index (χ1v) is 7.45. The molecule has 0 aliphatic carbocycles. The average Bonchev–Trinajstić information content (AvgIpc) is 2.40. The number of benzene rings is 1. The maximum Gasteiger partial charge on any atom is 0.0366 e. The number of aryl methyl sites for hydroxylation is 1. The minimum atomic E-state index is 0.391. The van der Waals surface area contributed by atoms with Gasteiger partial charge in [0.05, 0.1) is 0 Å². The van der Waals surface area contributed by atoms with E-state index in [0.717, 1.165) is 32.6 Å². The second-order valence-corrected chi connectivity index (χ2v) is 6.24. The number of anilines is 1. The van der Waals surface area contributed by atoms with Crippen LogP contribution in [-0.4, -0.2) is 44.2 Å². The Balaban J connectivity index is 1.76. The smallest absolute Gasteiger partial charge is 0.0366 e. The molecule has 2 aliphatic heterocycles. The van der Waals surface area contributed by atoms with Gasteiger partial charge in [0.2, 0.25) is 0 Å². The van der Waals surface area contributed by atoms with Gasteiger partial charge in [-0.25, -0.2) is 0 Å². The molecule has 0 spiro atoms. The van der Waals surface area contributed by atoms with Crippen LogP contribution in [0, 0.1) is 11.8 Å². The van der Waals surface area contributed by atoms with Crippen LogP contribution in [-0.2, 0) is 6.42 Å². The number of nitrogens with zero attached hydrogens (tertiary/aromatic N) is 2. The van der Waals surface area contributed by atoms with Gasteiger partial charge in [-0.05, 0) is 31.2 Å². The summed E-state index contributed by atoms with van der Waals surface area (Å²) in [5, 5.41) is 0. The third kappa shape index (κ3) is 2.49. The summed E-state index contributed by atoms with van der Waals surface area (Å²) in [5.41, 5.74) is 9.16. The molecule has 2 unspecified atom stereocenters. The quantitative estimate of drug-likeness (QED) is 0.875. The summed E-state index contributed by atoms with van der Waals surface area (Å²) in [6, 6.07) is 9.45. The van der Waals surface area contributed by atoms with Crippen LogP contribution in [0.15, 0.2) is 24.3 Å². The highest BCUT2D eigenvalue weighted by atomic mass is 15.2. The van der Waals surface area contributed by atoms with Crippen LogP contribution < -0.4 is 10.6 Å². The van der Waals surface area contributed by atoms with Crippen LogP contribution in [0.2, 0.25) is 0 Å². The number of nitrogens with two attached hydrogens (primary N) is 1. The molecule has 104 valence electrons. The van der Waals surface area contributed by atoms with E-state index in [0.29, 0.717) is 17.9 Å². The van der Waals surface area contributed by atoms with Crippen molar-refractivity contribution in [2.24, 2.45) is 17.6 Å². The van der Waals surface area contributed by atoms with Crippen molar-refractivity contribution in [2.45, 2.75) is 19.4 Å². The molecule has 2 aliphatic rings. The molecule has 2 N–H and O–H groups in total. The highest BCUT2D eigenvalue weighted by Gasteiger charge is 2.39. The van der Waals surface area contributed by atoms with Gasteiger partial charge in [0.15, 0.2) is 0 Å². The predicted molar refractivity (Wildman–Crippen MR) is 80.5 cm³/mol.